The Morgan fingerprint density at radius 3 is 2.48 bits per heavy atom. The van der Waals surface area contributed by atoms with Crippen LogP contribution in [0.25, 0.3) is 0 Å². The molecule has 0 bridgehead atoms. The molecule has 4 nitrogen and oxygen atoms in total. The Morgan fingerprint density at radius 2 is 1.93 bits per heavy atom. The summed E-state index contributed by atoms with van der Waals surface area (Å²) in [5, 5.41) is -0.0362. The number of epoxide rings is 2. The topological polar surface area (TPSA) is 54.5 Å². The van der Waals surface area contributed by atoms with E-state index < -0.39 is 8.32 Å². The minimum Gasteiger partial charge on any atom is -0.432 e. The van der Waals surface area contributed by atoms with E-state index >= 15 is 0 Å². The lowest BCUT2D eigenvalue weighted by Gasteiger charge is -2.47. The molecule has 4 rings (SSSR count). The molecular formula is C24H42O4Si. The SMILES string of the molecule is CO[C@@H]1[C@H](CC(C)(C)[Si](C)(C)O)CC[C@]2(CO2)[C@H]1C1(C)O[C@@H]1CC=C1CCCC1. The van der Waals surface area contributed by atoms with Gasteiger partial charge in [0.1, 0.15) is 5.60 Å². The van der Waals surface area contributed by atoms with E-state index in [1.807, 2.05) is 7.11 Å². The molecule has 4 fully saturated rings. The van der Waals surface area contributed by atoms with Crippen LogP contribution in [0.15, 0.2) is 11.6 Å². The van der Waals surface area contributed by atoms with Crippen LogP contribution in [-0.2, 0) is 14.2 Å². The predicted octanol–water partition coefficient (Wildman–Crippen LogP) is 5.21. The lowest BCUT2D eigenvalue weighted by molar-refractivity contribution is -0.0865. The Kier molecular flexibility index (Phi) is 5.65. The average Bonchev–Trinajstić information content (AvgIpc) is 3.47. The third kappa shape index (κ3) is 4.02. The molecule has 6 atom stereocenters. The van der Waals surface area contributed by atoms with E-state index in [1.54, 1.807) is 5.57 Å². The van der Waals surface area contributed by atoms with Crippen molar-refractivity contribution in [3.8, 4) is 0 Å². The summed E-state index contributed by atoms with van der Waals surface area (Å²) in [6, 6.07) is 0. The zero-order valence-corrected chi connectivity index (χ0v) is 20.4. The zero-order valence-electron chi connectivity index (χ0n) is 19.4. The number of methoxy groups -OCH3 is 1. The normalized spacial score (nSPS) is 42.4. The van der Waals surface area contributed by atoms with Crippen LogP contribution in [-0.4, -0.2) is 50.2 Å². The van der Waals surface area contributed by atoms with Crippen molar-refractivity contribution in [2.24, 2.45) is 11.8 Å². The van der Waals surface area contributed by atoms with E-state index in [1.165, 1.54) is 25.7 Å². The fraction of sp³-hybridized carbons (Fsp3) is 0.917. The van der Waals surface area contributed by atoms with E-state index in [0.717, 1.165) is 32.3 Å². The van der Waals surface area contributed by atoms with Gasteiger partial charge in [-0.25, -0.2) is 0 Å². The van der Waals surface area contributed by atoms with E-state index in [0.29, 0.717) is 5.92 Å². The second-order valence-electron chi connectivity index (χ2n) is 11.6. The summed E-state index contributed by atoms with van der Waals surface area (Å²) in [6.07, 6.45) is 12.4. The van der Waals surface area contributed by atoms with Crippen molar-refractivity contribution in [1.82, 2.24) is 0 Å². The largest absolute Gasteiger partial charge is 0.432 e. The maximum Gasteiger partial charge on any atom is 0.188 e. The van der Waals surface area contributed by atoms with Gasteiger partial charge in [-0.1, -0.05) is 25.5 Å². The standard InChI is InChI=1S/C24H42O4Si/c1-22(2,29(5,6)25)15-18-13-14-24(16-27-24)21(20(18)26-4)23(3)19(28-23)12-11-17-9-7-8-10-17/h11,18-21,25H,7-10,12-16H2,1-6H3/t18-,19+,20+,21+,23?,24-/m0/s1. The van der Waals surface area contributed by atoms with Crippen molar-refractivity contribution in [1.29, 1.82) is 0 Å². The second kappa shape index (κ2) is 7.44. The highest BCUT2D eigenvalue weighted by Crippen LogP contribution is 2.61. The number of rotatable bonds is 7. The van der Waals surface area contributed by atoms with Gasteiger partial charge >= 0.3 is 0 Å². The van der Waals surface area contributed by atoms with Gasteiger partial charge in [0.2, 0.25) is 0 Å². The van der Waals surface area contributed by atoms with Gasteiger partial charge in [-0.3, -0.25) is 0 Å². The second-order valence-corrected chi connectivity index (χ2v) is 16.0. The van der Waals surface area contributed by atoms with Crippen LogP contribution < -0.4 is 0 Å². The summed E-state index contributed by atoms with van der Waals surface area (Å²) in [6.45, 7) is 11.8. The molecular weight excluding hydrogens is 380 g/mol. The fourth-order valence-corrected chi connectivity index (χ4v) is 6.93. The van der Waals surface area contributed by atoms with Crippen LogP contribution in [0.2, 0.25) is 18.1 Å². The molecule has 2 aliphatic heterocycles. The van der Waals surface area contributed by atoms with Gasteiger partial charge in [0.25, 0.3) is 0 Å². The van der Waals surface area contributed by atoms with Gasteiger partial charge in [-0.05, 0) is 82.3 Å². The van der Waals surface area contributed by atoms with Crippen LogP contribution in [0.1, 0.15) is 72.1 Å². The van der Waals surface area contributed by atoms with Crippen molar-refractivity contribution < 1.29 is 19.0 Å². The molecule has 0 aromatic carbocycles. The average molecular weight is 423 g/mol. The van der Waals surface area contributed by atoms with Gasteiger partial charge in [0.05, 0.1) is 24.4 Å². The van der Waals surface area contributed by atoms with E-state index in [-0.39, 0.29) is 34.4 Å². The molecule has 1 unspecified atom stereocenters. The van der Waals surface area contributed by atoms with Crippen LogP contribution in [0.4, 0.5) is 0 Å². The molecule has 2 saturated carbocycles. The minimum atomic E-state index is -2.25. The van der Waals surface area contributed by atoms with Gasteiger partial charge in [0.15, 0.2) is 8.32 Å². The number of hydrogen-bond acceptors (Lipinski definition) is 4. The smallest absolute Gasteiger partial charge is 0.188 e. The fourth-order valence-electron chi connectivity index (χ4n) is 6.17. The van der Waals surface area contributed by atoms with Crippen molar-refractivity contribution in [3.05, 3.63) is 11.6 Å². The molecule has 1 spiro atoms. The third-order valence-electron chi connectivity index (χ3n) is 8.98. The number of ether oxygens (including phenoxy) is 3. The molecule has 166 valence electrons. The van der Waals surface area contributed by atoms with Gasteiger partial charge < -0.3 is 19.0 Å². The van der Waals surface area contributed by atoms with Crippen LogP contribution >= 0.6 is 0 Å². The molecule has 2 heterocycles. The Balaban J connectivity index is 1.51. The molecule has 5 heteroatoms. The van der Waals surface area contributed by atoms with Gasteiger partial charge in [0, 0.05) is 13.0 Å². The molecule has 2 aliphatic carbocycles. The van der Waals surface area contributed by atoms with E-state index in [2.05, 4.69) is 39.9 Å². The minimum absolute atomic E-state index is 0.0362. The van der Waals surface area contributed by atoms with Crippen LogP contribution in [0.3, 0.4) is 0 Å². The van der Waals surface area contributed by atoms with Crippen molar-refractivity contribution in [3.63, 3.8) is 0 Å². The molecule has 0 aromatic heterocycles. The van der Waals surface area contributed by atoms with Crippen molar-refractivity contribution in [2.45, 2.75) is 114 Å². The highest BCUT2D eigenvalue weighted by molar-refractivity contribution is 6.72. The lowest BCUT2D eigenvalue weighted by Crippen LogP contribution is -2.54. The van der Waals surface area contributed by atoms with Gasteiger partial charge in [-0.15, -0.1) is 0 Å². The van der Waals surface area contributed by atoms with Crippen LogP contribution in [0.5, 0.6) is 0 Å². The maximum absolute atomic E-state index is 10.8. The number of hydrogen-bond donors (Lipinski definition) is 1. The summed E-state index contributed by atoms with van der Waals surface area (Å²) in [5.74, 6) is 0.730. The summed E-state index contributed by atoms with van der Waals surface area (Å²) in [4.78, 5) is 10.8. The van der Waals surface area contributed by atoms with Crippen molar-refractivity contribution >= 4 is 8.32 Å². The first-order valence-electron chi connectivity index (χ1n) is 11.8. The molecule has 29 heavy (non-hydrogen) atoms. The molecule has 4 aliphatic rings. The third-order valence-corrected chi connectivity index (χ3v) is 12.5. The highest BCUT2D eigenvalue weighted by atomic mass is 28.4. The molecule has 0 aromatic rings. The van der Waals surface area contributed by atoms with Crippen molar-refractivity contribution in [2.75, 3.05) is 13.7 Å². The highest BCUT2D eigenvalue weighted by Gasteiger charge is 2.71. The Hall–Kier alpha value is -0.203. The predicted molar refractivity (Wildman–Crippen MR) is 118 cm³/mol. The van der Waals surface area contributed by atoms with E-state index in [9.17, 15) is 4.80 Å². The van der Waals surface area contributed by atoms with E-state index in [4.69, 9.17) is 14.2 Å². The maximum atomic E-state index is 10.8. The summed E-state index contributed by atoms with van der Waals surface area (Å²) < 4.78 is 18.7. The first-order valence-corrected chi connectivity index (χ1v) is 14.7. The quantitative estimate of drug-likeness (QED) is 0.347. The first-order chi connectivity index (χ1) is 13.5. The Morgan fingerprint density at radius 1 is 1.28 bits per heavy atom. The molecule has 1 N–H and O–H groups in total. The molecule has 0 radical (unpaired) electrons. The Bertz CT molecular complexity index is 640. The van der Waals surface area contributed by atoms with Crippen LogP contribution in [0, 0.1) is 11.8 Å². The summed E-state index contributed by atoms with van der Waals surface area (Å²) in [5.41, 5.74) is 1.43. The van der Waals surface area contributed by atoms with Gasteiger partial charge in [-0.2, -0.15) is 0 Å². The summed E-state index contributed by atoms with van der Waals surface area (Å²) in [7, 11) is -0.388. The zero-order chi connectivity index (χ0) is 21.1. The number of allylic oxidation sites excluding steroid dienone is 1. The lowest BCUT2D eigenvalue weighted by atomic mass is 9.64. The summed E-state index contributed by atoms with van der Waals surface area (Å²) >= 11 is 0. The Labute approximate surface area is 178 Å². The monoisotopic (exact) mass is 422 g/mol. The molecule has 2 saturated heterocycles. The molecule has 0 amide bonds. The first kappa shape index (κ1) is 22.0.